The summed E-state index contributed by atoms with van der Waals surface area (Å²) < 4.78 is 5.76. The largest absolute Gasteiger partial charge is 0.366 e. The van der Waals surface area contributed by atoms with E-state index in [-0.39, 0.29) is 5.91 Å². The molecule has 2 aromatic heterocycles. The number of hydrogen-bond donors (Lipinski definition) is 2. The number of anilines is 1. The number of amides is 1. The summed E-state index contributed by atoms with van der Waals surface area (Å²) in [6.45, 7) is 2.58. The van der Waals surface area contributed by atoms with Gasteiger partial charge in [-0.2, -0.15) is 5.10 Å². The molecule has 162 valence electrons. The Kier molecular flexibility index (Phi) is 5.85. The topological polar surface area (TPSA) is 83.1 Å². The minimum absolute atomic E-state index is 0.154. The van der Waals surface area contributed by atoms with Crippen LogP contribution in [0.25, 0.3) is 22.2 Å². The van der Waals surface area contributed by atoms with Crippen LogP contribution < -0.4 is 5.32 Å². The molecule has 1 unspecified atom stereocenters. The third-order valence-corrected chi connectivity index (χ3v) is 5.80. The summed E-state index contributed by atoms with van der Waals surface area (Å²) in [5, 5.41) is 12.1. The highest BCUT2D eigenvalue weighted by molar-refractivity contribution is 6.30. The quantitative estimate of drug-likeness (QED) is 0.481. The number of benzene rings is 2. The number of carbonyl (C=O) groups excluding carboxylic acids is 1. The van der Waals surface area contributed by atoms with Crippen molar-refractivity contribution in [3.05, 3.63) is 77.6 Å². The van der Waals surface area contributed by atoms with Crippen molar-refractivity contribution < 1.29 is 9.53 Å². The number of morpholine rings is 1. The van der Waals surface area contributed by atoms with Crippen molar-refractivity contribution in [1.82, 2.24) is 20.1 Å². The summed E-state index contributed by atoms with van der Waals surface area (Å²) in [6.07, 6.45) is 2.94. The summed E-state index contributed by atoms with van der Waals surface area (Å²) in [5.74, 6) is -0.154. The molecule has 2 aromatic carbocycles. The van der Waals surface area contributed by atoms with Crippen molar-refractivity contribution in [3.63, 3.8) is 0 Å². The summed E-state index contributed by atoms with van der Waals surface area (Å²) in [5.41, 5.74) is 4.55. The molecule has 3 heterocycles. The standard InChI is InChI=1S/C24H22ClN5O2/c25-18-3-1-16(2-4-18)14-30-11-12-32-22(15-30)24(31)27-19-5-6-21-20(13-19)23(29-28-21)17-7-9-26-10-8-17/h1-10,13,22H,11-12,14-15H2,(H,27,31)(H,28,29). The van der Waals surface area contributed by atoms with Crippen LogP contribution in [0.1, 0.15) is 5.56 Å². The molecule has 1 aliphatic rings. The van der Waals surface area contributed by atoms with Gasteiger partial charge in [0, 0.05) is 53.7 Å². The van der Waals surface area contributed by atoms with Gasteiger partial charge in [0.15, 0.2) is 0 Å². The molecule has 0 aliphatic carbocycles. The predicted molar refractivity (Wildman–Crippen MR) is 124 cm³/mol. The molecule has 8 heteroatoms. The van der Waals surface area contributed by atoms with E-state index in [4.69, 9.17) is 16.3 Å². The fourth-order valence-corrected chi connectivity index (χ4v) is 4.02. The lowest BCUT2D eigenvalue weighted by atomic mass is 10.1. The van der Waals surface area contributed by atoms with Crippen LogP contribution in [-0.4, -0.2) is 51.8 Å². The van der Waals surface area contributed by atoms with E-state index in [1.807, 2.05) is 54.6 Å². The van der Waals surface area contributed by atoms with Crippen LogP contribution in [0, 0.1) is 0 Å². The number of aromatic amines is 1. The van der Waals surface area contributed by atoms with Crippen molar-refractivity contribution in [2.75, 3.05) is 25.0 Å². The molecule has 1 saturated heterocycles. The van der Waals surface area contributed by atoms with E-state index in [2.05, 4.69) is 25.4 Å². The summed E-state index contributed by atoms with van der Waals surface area (Å²) >= 11 is 5.97. The fourth-order valence-electron chi connectivity index (χ4n) is 3.90. The molecule has 0 spiro atoms. The highest BCUT2D eigenvalue weighted by atomic mass is 35.5. The van der Waals surface area contributed by atoms with E-state index in [0.29, 0.717) is 18.8 Å². The van der Waals surface area contributed by atoms with Crippen molar-refractivity contribution in [2.45, 2.75) is 12.6 Å². The summed E-state index contributed by atoms with van der Waals surface area (Å²) in [7, 11) is 0. The number of nitrogens with zero attached hydrogens (tertiary/aromatic N) is 3. The molecule has 1 amide bonds. The van der Waals surface area contributed by atoms with Crippen molar-refractivity contribution in [1.29, 1.82) is 0 Å². The molecule has 1 atom stereocenters. The van der Waals surface area contributed by atoms with E-state index in [9.17, 15) is 4.79 Å². The number of hydrogen-bond acceptors (Lipinski definition) is 5. The van der Waals surface area contributed by atoms with Gasteiger partial charge in [-0.25, -0.2) is 0 Å². The first-order valence-corrected chi connectivity index (χ1v) is 10.8. The third-order valence-electron chi connectivity index (χ3n) is 5.55. The van der Waals surface area contributed by atoms with E-state index >= 15 is 0 Å². The number of pyridine rings is 1. The molecule has 1 aliphatic heterocycles. The molecule has 1 fully saturated rings. The molecule has 0 saturated carbocycles. The van der Waals surface area contributed by atoms with Gasteiger partial charge in [0.25, 0.3) is 5.91 Å². The SMILES string of the molecule is O=C(Nc1ccc2[nH]nc(-c3ccncc3)c2c1)C1CN(Cc2ccc(Cl)cc2)CCO1. The fraction of sp³-hybridized carbons (Fsp3) is 0.208. The zero-order chi connectivity index (χ0) is 21.9. The summed E-state index contributed by atoms with van der Waals surface area (Å²) in [6, 6.07) is 17.3. The molecular formula is C24H22ClN5O2. The van der Waals surface area contributed by atoms with Gasteiger partial charge in [-0.15, -0.1) is 0 Å². The van der Waals surface area contributed by atoms with Crippen LogP contribution in [0.3, 0.4) is 0 Å². The van der Waals surface area contributed by atoms with Crippen molar-refractivity contribution >= 4 is 34.1 Å². The zero-order valence-electron chi connectivity index (χ0n) is 17.3. The molecular weight excluding hydrogens is 426 g/mol. The Bertz CT molecular complexity index is 1230. The Labute approximate surface area is 190 Å². The minimum atomic E-state index is -0.532. The highest BCUT2D eigenvalue weighted by Gasteiger charge is 2.27. The molecule has 0 radical (unpaired) electrons. The molecule has 4 aromatic rings. The number of nitrogens with one attached hydrogen (secondary N) is 2. The maximum atomic E-state index is 12.9. The van der Waals surface area contributed by atoms with Gasteiger partial charge in [0.2, 0.25) is 0 Å². The van der Waals surface area contributed by atoms with Gasteiger partial charge in [0.05, 0.1) is 12.1 Å². The average Bonchev–Trinajstić information content (AvgIpc) is 3.25. The Morgan fingerprint density at radius 1 is 1.16 bits per heavy atom. The van der Waals surface area contributed by atoms with E-state index in [1.165, 1.54) is 0 Å². The molecule has 2 N–H and O–H groups in total. The number of rotatable bonds is 5. The second kappa shape index (κ2) is 9.08. The molecule has 32 heavy (non-hydrogen) atoms. The predicted octanol–water partition coefficient (Wildman–Crippen LogP) is 4.12. The lowest BCUT2D eigenvalue weighted by Gasteiger charge is -2.32. The number of fused-ring (bicyclic) bond motifs is 1. The molecule has 7 nitrogen and oxygen atoms in total. The van der Waals surface area contributed by atoms with Crippen LogP contribution in [-0.2, 0) is 16.1 Å². The molecule has 5 rings (SSSR count). The second-order valence-electron chi connectivity index (χ2n) is 7.78. The Morgan fingerprint density at radius 2 is 1.97 bits per heavy atom. The van der Waals surface area contributed by atoms with Crippen LogP contribution in [0.4, 0.5) is 5.69 Å². The lowest BCUT2D eigenvalue weighted by molar-refractivity contribution is -0.133. The number of ether oxygens (including phenoxy) is 1. The lowest BCUT2D eigenvalue weighted by Crippen LogP contribution is -2.47. The van der Waals surface area contributed by atoms with Gasteiger partial charge in [-0.05, 0) is 48.0 Å². The van der Waals surface area contributed by atoms with Gasteiger partial charge >= 0.3 is 0 Å². The smallest absolute Gasteiger partial charge is 0.254 e. The van der Waals surface area contributed by atoms with Gasteiger partial charge < -0.3 is 10.1 Å². The van der Waals surface area contributed by atoms with Gasteiger partial charge in [-0.1, -0.05) is 23.7 Å². The Hall–Kier alpha value is -3.26. The minimum Gasteiger partial charge on any atom is -0.366 e. The molecule has 0 bridgehead atoms. The monoisotopic (exact) mass is 447 g/mol. The van der Waals surface area contributed by atoms with E-state index < -0.39 is 6.10 Å². The normalized spacial score (nSPS) is 16.8. The van der Waals surface area contributed by atoms with Crippen molar-refractivity contribution in [3.8, 4) is 11.3 Å². The van der Waals surface area contributed by atoms with Gasteiger partial charge in [0.1, 0.15) is 11.8 Å². The van der Waals surface area contributed by atoms with E-state index in [0.717, 1.165) is 45.8 Å². The van der Waals surface area contributed by atoms with Crippen LogP contribution in [0.15, 0.2) is 67.0 Å². The number of halogens is 1. The third kappa shape index (κ3) is 4.50. The Morgan fingerprint density at radius 3 is 2.78 bits per heavy atom. The first kappa shape index (κ1) is 20.6. The maximum absolute atomic E-state index is 12.9. The van der Waals surface area contributed by atoms with E-state index in [1.54, 1.807) is 12.4 Å². The van der Waals surface area contributed by atoms with Crippen LogP contribution >= 0.6 is 11.6 Å². The average molecular weight is 448 g/mol. The van der Waals surface area contributed by atoms with Crippen LogP contribution in [0.5, 0.6) is 0 Å². The zero-order valence-corrected chi connectivity index (χ0v) is 18.0. The number of carbonyl (C=O) groups is 1. The maximum Gasteiger partial charge on any atom is 0.254 e. The second-order valence-corrected chi connectivity index (χ2v) is 8.22. The Balaban J connectivity index is 1.28. The highest BCUT2D eigenvalue weighted by Crippen LogP contribution is 2.28. The van der Waals surface area contributed by atoms with Crippen LogP contribution in [0.2, 0.25) is 5.02 Å². The van der Waals surface area contributed by atoms with Crippen molar-refractivity contribution in [2.24, 2.45) is 0 Å². The number of H-pyrrole nitrogens is 1. The summed E-state index contributed by atoms with van der Waals surface area (Å²) in [4.78, 5) is 19.2. The number of aromatic nitrogens is 3. The first-order valence-electron chi connectivity index (χ1n) is 10.4. The van der Waals surface area contributed by atoms with Gasteiger partial charge in [-0.3, -0.25) is 19.8 Å². The first-order chi connectivity index (χ1) is 15.7.